The molecular formula is C26H14F8O. The summed E-state index contributed by atoms with van der Waals surface area (Å²) < 4.78 is 118. The highest BCUT2D eigenvalue weighted by Crippen LogP contribution is 2.37. The standard InChI is InChI=1S/C26H14F8O/c1-13-2-5-17(21(28)10-13)18-7-6-16(24(31)25(18)32)14-3-8-19(22(29)11-14)26(33,34)35-15-4-9-20(27)23(30)12-15/h2-12H,1H3. The molecule has 0 N–H and O–H groups in total. The summed E-state index contributed by atoms with van der Waals surface area (Å²) in [6.07, 6.45) is -4.30. The maximum absolute atomic E-state index is 14.8. The van der Waals surface area contributed by atoms with Crippen LogP contribution in [-0.4, -0.2) is 0 Å². The third kappa shape index (κ3) is 4.71. The van der Waals surface area contributed by atoms with E-state index in [4.69, 9.17) is 0 Å². The Morgan fingerprint density at radius 3 is 1.89 bits per heavy atom. The maximum atomic E-state index is 14.8. The molecule has 0 aliphatic heterocycles. The summed E-state index contributed by atoms with van der Waals surface area (Å²) in [6.45, 7) is 1.62. The van der Waals surface area contributed by atoms with Gasteiger partial charge in [-0.3, -0.25) is 0 Å². The number of halogens is 8. The molecular weight excluding hydrogens is 480 g/mol. The molecule has 1 nitrogen and oxygen atoms in total. The second kappa shape index (κ2) is 9.05. The molecule has 4 aromatic carbocycles. The minimum Gasteiger partial charge on any atom is -0.429 e. The average Bonchev–Trinajstić information content (AvgIpc) is 2.78. The molecule has 0 fully saturated rings. The molecule has 4 aromatic rings. The molecule has 0 heterocycles. The molecule has 180 valence electrons. The highest BCUT2D eigenvalue weighted by atomic mass is 19.3. The molecule has 9 heteroatoms. The van der Waals surface area contributed by atoms with E-state index in [9.17, 15) is 35.1 Å². The van der Waals surface area contributed by atoms with E-state index >= 15 is 0 Å². The number of ether oxygens (including phenoxy) is 1. The lowest BCUT2D eigenvalue weighted by molar-refractivity contribution is -0.187. The van der Waals surface area contributed by atoms with E-state index < -0.39 is 57.9 Å². The second-order valence-corrected chi connectivity index (χ2v) is 7.66. The van der Waals surface area contributed by atoms with Crippen molar-refractivity contribution in [1.82, 2.24) is 0 Å². The SMILES string of the molecule is Cc1ccc(-c2ccc(-c3ccc(C(F)(F)Oc4ccc(F)c(F)c4)c(F)c3)c(F)c2F)c(F)c1. The Kier molecular flexibility index (Phi) is 6.27. The summed E-state index contributed by atoms with van der Waals surface area (Å²) in [6, 6.07) is 9.81. The van der Waals surface area contributed by atoms with Crippen molar-refractivity contribution in [2.24, 2.45) is 0 Å². The molecule has 0 spiro atoms. The van der Waals surface area contributed by atoms with Gasteiger partial charge in [0.15, 0.2) is 23.3 Å². The summed E-state index contributed by atoms with van der Waals surface area (Å²) >= 11 is 0. The van der Waals surface area contributed by atoms with Gasteiger partial charge in [-0.15, -0.1) is 0 Å². The van der Waals surface area contributed by atoms with Crippen LogP contribution >= 0.6 is 0 Å². The van der Waals surface area contributed by atoms with Crippen LogP contribution < -0.4 is 4.74 Å². The van der Waals surface area contributed by atoms with Crippen LogP contribution in [0.1, 0.15) is 11.1 Å². The predicted molar refractivity (Wildman–Crippen MR) is 113 cm³/mol. The Morgan fingerprint density at radius 1 is 0.571 bits per heavy atom. The summed E-state index contributed by atoms with van der Waals surface area (Å²) in [4.78, 5) is 0. The smallest absolute Gasteiger partial charge is 0.429 e. The van der Waals surface area contributed by atoms with Crippen molar-refractivity contribution < 1.29 is 39.9 Å². The van der Waals surface area contributed by atoms with E-state index in [1.54, 1.807) is 6.92 Å². The van der Waals surface area contributed by atoms with Crippen molar-refractivity contribution >= 4 is 0 Å². The van der Waals surface area contributed by atoms with Gasteiger partial charge in [-0.1, -0.05) is 30.3 Å². The molecule has 0 aliphatic rings. The summed E-state index contributed by atoms with van der Waals surface area (Å²) in [7, 11) is 0. The lowest BCUT2D eigenvalue weighted by atomic mass is 9.97. The first kappa shape index (κ1) is 24.3. The first-order valence-corrected chi connectivity index (χ1v) is 10.0. The number of hydrogen-bond acceptors (Lipinski definition) is 1. The molecule has 0 bridgehead atoms. The molecule has 0 radical (unpaired) electrons. The highest BCUT2D eigenvalue weighted by molar-refractivity contribution is 5.72. The van der Waals surface area contributed by atoms with Crippen molar-refractivity contribution in [3.8, 4) is 28.0 Å². The van der Waals surface area contributed by atoms with Crippen LogP contribution in [0.15, 0.2) is 66.7 Å². The van der Waals surface area contributed by atoms with Gasteiger partial charge in [-0.25, -0.2) is 26.3 Å². The summed E-state index contributed by atoms with van der Waals surface area (Å²) in [5.74, 6) is -8.62. The molecule has 0 aromatic heterocycles. The number of hydrogen-bond donors (Lipinski definition) is 0. The minimum absolute atomic E-state index is 0.186. The third-order valence-corrected chi connectivity index (χ3v) is 5.23. The van der Waals surface area contributed by atoms with Crippen molar-refractivity contribution in [2.45, 2.75) is 13.0 Å². The molecule has 0 saturated carbocycles. The first-order chi connectivity index (χ1) is 16.5. The van der Waals surface area contributed by atoms with Crippen molar-refractivity contribution in [3.63, 3.8) is 0 Å². The van der Waals surface area contributed by atoms with Crippen molar-refractivity contribution in [1.29, 1.82) is 0 Å². The Balaban J connectivity index is 1.67. The molecule has 0 aliphatic carbocycles. The Hall–Kier alpha value is -3.88. The van der Waals surface area contributed by atoms with Gasteiger partial charge in [0.25, 0.3) is 0 Å². The van der Waals surface area contributed by atoms with E-state index in [2.05, 4.69) is 4.74 Å². The van der Waals surface area contributed by atoms with Gasteiger partial charge in [0.2, 0.25) is 0 Å². The number of aryl methyl sites for hydroxylation is 1. The Bertz CT molecular complexity index is 1430. The summed E-state index contributed by atoms with van der Waals surface area (Å²) in [5.41, 5.74) is -1.98. The average molecular weight is 494 g/mol. The van der Waals surface area contributed by atoms with Crippen LogP contribution in [0.2, 0.25) is 0 Å². The first-order valence-electron chi connectivity index (χ1n) is 10.0. The van der Waals surface area contributed by atoms with Gasteiger partial charge in [-0.05, 0) is 48.4 Å². The van der Waals surface area contributed by atoms with E-state index in [0.29, 0.717) is 29.8 Å². The quantitative estimate of drug-likeness (QED) is 0.254. The number of rotatable bonds is 5. The molecule has 0 saturated heterocycles. The van der Waals surface area contributed by atoms with Crippen LogP contribution in [0, 0.1) is 41.8 Å². The molecule has 0 unspecified atom stereocenters. The highest BCUT2D eigenvalue weighted by Gasteiger charge is 2.38. The normalized spacial score (nSPS) is 11.6. The van der Waals surface area contributed by atoms with Gasteiger partial charge in [0, 0.05) is 22.8 Å². The van der Waals surface area contributed by atoms with Gasteiger partial charge >= 0.3 is 6.11 Å². The molecule has 0 amide bonds. The van der Waals surface area contributed by atoms with Gasteiger partial charge in [0.05, 0.1) is 5.56 Å². The zero-order chi connectivity index (χ0) is 25.5. The maximum Gasteiger partial charge on any atom is 0.429 e. The predicted octanol–water partition coefficient (Wildman–Crippen LogP) is 8.29. The minimum atomic E-state index is -4.30. The van der Waals surface area contributed by atoms with E-state index in [1.807, 2.05) is 0 Å². The number of benzene rings is 4. The summed E-state index contributed by atoms with van der Waals surface area (Å²) in [5, 5.41) is 0. The monoisotopic (exact) mass is 494 g/mol. The van der Waals surface area contributed by atoms with Crippen LogP contribution in [0.3, 0.4) is 0 Å². The largest absolute Gasteiger partial charge is 0.429 e. The van der Waals surface area contributed by atoms with Crippen molar-refractivity contribution in [3.05, 3.63) is 113 Å². The molecule has 35 heavy (non-hydrogen) atoms. The fourth-order valence-electron chi connectivity index (χ4n) is 3.48. The second-order valence-electron chi connectivity index (χ2n) is 7.66. The lowest BCUT2D eigenvalue weighted by Crippen LogP contribution is -2.23. The van der Waals surface area contributed by atoms with Crippen LogP contribution in [0.25, 0.3) is 22.3 Å². The van der Waals surface area contributed by atoms with E-state index in [-0.39, 0.29) is 16.7 Å². The van der Waals surface area contributed by atoms with E-state index in [1.165, 1.54) is 12.1 Å². The van der Waals surface area contributed by atoms with Gasteiger partial charge in [0.1, 0.15) is 17.4 Å². The van der Waals surface area contributed by atoms with Gasteiger partial charge in [-0.2, -0.15) is 8.78 Å². The zero-order valence-corrected chi connectivity index (χ0v) is 17.8. The van der Waals surface area contributed by atoms with E-state index in [0.717, 1.165) is 30.3 Å². The van der Waals surface area contributed by atoms with Crippen molar-refractivity contribution in [2.75, 3.05) is 0 Å². The fraction of sp³-hybridized carbons (Fsp3) is 0.0769. The third-order valence-electron chi connectivity index (χ3n) is 5.23. The van der Waals surface area contributed by atoms with Crippen LogP contribution in [0.5, 0.6) is 5.75 Å². The zero-order valence-electron chi connectivity index (χ0n) is 17.8. The Morgan fingerprint density at radius 2 is 1.23 bits per heavy atom. The topological polar surface area (TPSA) is 9.23 Å². The number of alkyl halides is 2. The lowest BCUT2D eigenvalue weighted by Gasteiger charge is -2.19. The molecule has 4 rings (SSSR count). The van der Waals surface area contributed by atoms with Crippen LogP contribution in [0.4, 0.5) is 35.1 Å². The Labute approximate surface area is 194 Å². The van der Waals surface area contributed by atoms with Crippen LogP contribution in [-0.2, 0) is 6.11 Å². The molecule has 0 atom stereocenters. The van der Waals surface area contributed by atoms with Gasteiger partial charge < -0.3 is 4.74 Å². The fourth-order valence-corrected chi connectivity index (χ4v) is 3.48.